The molecule has 0 amide bonds. The normalized spacial score (nSPS) is 20.3. The second kappa shape index (κ2) is 4.12. The molecule has 94 valence electrons. The van der Waals surface area contributed by atoms with Crippen molar-refractivity contribution in [1.29, 1.82) is 0 Å². The summed E-state index contributed by atoms with van der Waals surface area (Å²) in [6.07, 6.45) is 0.949. The number of hydrogen-bond acceptors (Lipinski definition) is 3. The molecule has 3 nitrogen and oxygen atoms in total. The van der Waals surface area contributed by atoms with Crippen LogP contribution in [0.3, 0.4) is 0 Å². The van der Waals surface area contributed by atoms with Gasteiger partial charge in [0.1, 0.15) is 5.75 Å². The Kier molecular flexibility index (Phi) is 2.30. The third kappa shape index (κ3) is 1.70. The number of hydrogen-bond donors (Lipinski definition) is 0. The van der Waals surface area contributed by atoms with Gasteiger partial charge in [-0.15, -0.1) is 0 Å². The maximum absolute atomic E-state index is 5.74. The molecule has 3 heteroatoms. The fourth-order valence-corrected chi connectivity index (χ4v) is 2.77. The van der Waals surface area contributed by atoms with Gasteiger partial charge in [0.25, 0.3) is 0 Å². The molecule has 0 aliphatic carbocycles. The maximum Gasteiger partial charge on any atom is 0.177 e. The number of nitrogens with zero attached hydrogens (tertiary/aromatic N) is 2. The zero-order chi connectivity index (χ0) is 12.7. The van der Waals surface area contributed by atoms with Gasteiger partial charge in [-0.2, -0.15) is 5.10 Å². The number of ether oxygens (including phenoxy) is 1. The summed E-state index contributed by atoms with van der Waals surface area (Å²) in [6.45, 7) is 0.540. The molecule has 2 aromatic carbocycles. The highest BCUT2D eigenvalue weighted by molar-refractivity contribution is 6.01. The smallest absolute Gasteiger partial charge is 0.177 e. The second-order valence-electron chi connectivity index (χ2n) is 4.88. The quantitative estimate of drug-likeness (QED) is 0.776. The Hall–Kier alpha value is -2.29. The first-order valence-corrected chi connectivity index (χ1v) is 6.53. The highest BCUT2D eigenvalue weighted by Crippen LogP contribution is 2.40. The topological polar surface area (TPSA) is 24.8 Å². The Morgan fingerprint density at radius 1 is 1.00 bits per heavy atom. The van der Waals surface area contributed by atoms with Crippen molar-refractivity contribution in [3.8, 4) is 5.75 Å². The van der Waals surface area contributed by atoms with Gasteiger partial charge in [-0.05, 0) is 11.6 Å². The van der Waals surface area contributed by atoms with Gasteiger partial charge in [0.15, 0.2) is 6.73 Å². The Morgan fingerprint density at radius 3 is 2.68 bits per heavy atom. The molecular formula is C16H14N2O. The van der Waals surface area contributed by atoms with E-state index in [0.717, 1.165) is 17.9 Å². The highest BCUT2D eigenvalue weighted by Gasteiger charge is 2.33. The molecule has 2 aromatic rings. The van der Waals surface area contributed by atoms with Crippen LogP contribution in [0, 0.1) is 0 Å². The van der Waals surface area contributed by atoms with Gasteiger partial charge in [-0.25, -0.2) is 0 Å². The summed E-state index contributed by atoms with van der Waals surface area (Å²) < 4.78 is 5.74. The van der Waals surface area contributed by atoms with Crippen LogP contribution in [-0.2, 0) is 0 Å². The minimum absolute atomic E-state index is 0.320. The van der Waals surface area contributed by atoms with Crippen molar-refractivity contribution in [3.63, 3.8) is 0 Å². The van der Waals surface area contributed by atoms with E-state index in [-0.39, 0.29) is 0 Å². The monoisotopic (exact) mass is 250 g/mol. The van der Waals surface area contributed by atoms with E-state index in [4.69, 9.17) is 9.84 Å². The van der Waals surface area contributed by atoms with Crippen LogP contribution < -0.4 is 4.74 Å². The molecule has 4 rings (SSSR count). The molecule has 0 fully saturated rings. The van der Waals surface area contributed by atoms with Gasteiger partial charge in [0, 0.05) is 12.0 Å². The van der Waals surface area contributed by atoms with Crippen LogP contribution in [0.15, 0.2) is 59.7 Å². The van der Waals surface area contributed by atoms with Crippen molar-refractivity contribution in [2.24, 2.45) is 5.10 Å². The summed E-state index contributed by atoms with van der Waals surface area (Å²) >= 11 is 0. The molecule has 0 bridgehead atoms. The molecule has 19 heavy (non-hydrogen) atoms. The Morgan fingerprint density at radius 2 is 1.79 bits per heavy atom. The molecular weight excluding hydrogens is 236 g/mol. The Labute approximate surface area is 112 Å². The number of hydrazone groups is 1. The third-order valence-corrected chi connectivity index (χ3v) is 3.73. The van der Waals surface area contributed by atoms with Gasteiger partial charge >= 0.3 is 0 Å². The van der Waals surface area contributed by atoms with E-state index in [1.54, 1.807) is 0 Å². The van der Waals surface area contributed by atoms with Crippen molar-refractivity contribution < 1.29 is 4.74 Å². The lowest BCUT2D eigenvalue weighted by Gasteiger charge is -2.30. The lowest BCUT2D eigenvalue weighted by Crippen LogP contribution is -2.29. The van der Waals surface area contributed by atoms with E-state index in [9.17, 15) is 0 Å². The summed E-state index contributed by atoms with van der Waals surface area (Å²) in [7, 11) is 0. The molecule has 2 aliphatic heterocycles. The van der Waals surface area contributed by atoms with Gasteiger partial charge < -0.3 is 4.74 Å². The van der Waals surface area contributed by atoms with Crippen molar-refractivity contribution in [2.45, 2.75) is 12.5 Å². The Balaban J connectivity index is 1.70. The van der Waals surface area contributed by atoms with E-state index >= 15 is 0 Å². The average Bonchev–Trinajstić information content (AvgIpc) is 2.93. The lowest BCUT2D eigenvalue weighted by atomic mass is 9.97. The van der Waals surface area contributed by atoms with E-state index in [2.05, 4.69) is 36.4 Å². The molecule has 1 atom stereocenters. The van der Waals surface area contributed by atoms with Crippen molar-refractivity contribution in [3.05, 3.63) is 65.7 Å². The minimum atomic E-state index is 0.320. The molecule has 0 radical (unpaired) electrons. The molecule has 0 unspecified atom stereocenters. The van der Waals surface area contributed by atoms with Gasteiger partial charge in [-0.3, -0.25) is 5.01 Å². The van der Waals surface area contributed by atoms with Crippen LogP contribution in [0.5, 0.6) is 5.75 Å². The fourth-order valence-electron chi connectivity index (χ4n) is 2.77. The number of rotatable bonds is 1. The van der Waals surface area contributed by atoms with E-state index in [1.807, 2.05) is 23.2 Å². The van der Waals surface area contributed by atoms with E-state index in [1.165, 1.54) is 11.1 Å². The molecule has 0 saturated heterocycles. The predicted octanol–water partition coefficient (Wildman–Crippen LogP) is 3.19. The van der Waals surface area contributed by atoms with Crippen LogP contribution in [0.4, 0.5) is 0 Å². The standard InChI is InChI=1S/C16H14N2O/c1-2-6-12(7-3-1)14-10-15-13-8-4-5-9-16(13)19-11-18(15)17-14/h1-9,15H,10-11H2/t15-/m1/s1. The summed E-state index contributed by atoms with van der Waals surface area (Å²) in [6, 6.07) is 18.9. The zero-order valence-corrected chi connectivity index (χ0v) is 10.5. The molecule has 0 N–H and O–H groups in total. The van der Waals surface area contributed by atoms with E-state index in [0.29, 0.717) is 12.8 Å². The molecule has 2 aliphatic rings. The molecule has 0 aromatic heterocycles. The summed E-state index contributed by atoms with van der Waals surface area (Å²) in [4.78, 5) is 0. The largest absolute Gasteiger partial charge is 0.471 e. The molecule has 2 heterocycles. The number of para-hydroxylation sites is 1. The van der Waals surface area contributed by atoms with Crippen LogP contribution in [0.1, 0.15) is 23.6 Å². The van der Waals surface area contributed by atoms with Crippen LogP contribution in [0.2, 0.25) is 0 Å². The first-order chi connectivity index (χ1) is 9.42. The minimum Gasteiger partial charge on any atom is -0.471 e. The SMILES string of the molecule is c1ccc(C2=NN3COc4ccccc4[C@H]3C2)cc1. The summed E-state index contributed by atoms with van der Waals surface area (Å²) in [5.74, 6) is 0.994. The lowest BCUT2D eigenvalue weighted by molar-refractivity contribution is 0.0750. The predicted molar refractivity (Wildman–Crippen MR) is 74.1 cm³/mol. The van der Waals surface area contributed by atoms with Crippen LogP contribution >= 0.6 is 0 Å². The van der Waals surface area contributed by atoms with Gasteiger partial charge in [-0.1, -0.05) is 48.5 Å². The summed E-state index contributed by atoms with van der Waals surface area (Å²) in [5, 5.41) is 6.75. The maximum atomic E-state index is 5.74. The van der Waals surface area contributed by atoms with Crippen LogP contribution in [0.25, 0.3) is 0 Å². The summed E-state index contributed by atoms with van der Waals surface area (Å²) in [5.41, 5.74) is 3.59. The van der Waals surface area contributed by atoms with Gasteiger partial charge in [0.2, 0.25) is 0 Å². The third-order valence-electron chi connectivity index (χ3n) is 3.73. The molecule has 0 spiro atoms. The average molecular weight is 250 g/mol. The zero-order valence-electron chi connectivity index (χ0n) is 10.5. The highest BCUT2D eigenvalue weighted by atomic mass is 16.5. The van der Waals surface area contributed by atoms with Crippen molar-refractivity contribution >= 4 is 5.71 Å². The molecule has 0 saturated carbocycles. The number of fused-ring (bicyclic) bond motifs is 3. The fraction of sp³-hybridized carbons (Fsp3) is 0.188. The first kappa shape index (κ1) is 10.6. The van der Waals surface area contributed by atoms with Crippen molar-refractivity contribution in [1.82, 2.24) is 5.01 Å². The van der Waals surface area contributed by atoms with Crippen LogP contribution in [-0.4, -0.2) is 17.5 Å². The first-order valence-electron chi connectivity index (χ1n) is 6.53. The Bertz CT molecular complexity index is 636. The second-order valence-corrected chi connectivity index (χ2v) is 4.88. The number of benzene rings is 2. The van der Waals surface area contributed by atoms with Crippen molar-refractivity contribution in [2.75, 3.05) is 6.73 Å². The van der Waals surface area contributed by atoms with E-state index < -0.39 is 0 Å². The van der Waals surface area contributed by atoms with Gasteiger partial charge in [0.05, 0.1) is 11.8 Å².